The lowest BCUT2D eigenvalue weighted by Gasteiger charge is -2.20. The molecule has 7 heteroatoms. The minimum absolute atomic E-state index is 0.0851. The Kier molecular flexibility index (Phi) is 5.38. The van der Waals surface area contributed by atoms with E-state index in [1.807, 2.05) is 31.3 Å². The first-order valence-electron chi connectivity index (χ1n) is 8.54. The summed E-state index contributed by atoms with van der Waals surface area (Å²) in [5, 5.41) is 5.00. The number of nitrogens with one attached hydrogen (secondary N) is 1. The van der Waals surface area contributed by atoms with Gasteiger partial charge in [0.1, 0.15) is 5.75 Å². The monoisotopic (exact) mass is 384 g/mol. The standard InChI is InChI=1S/C20H21N2O4P/c1-3-20(23)26-27(24,17-11-8-15(21)9-12-17)25-19-6-4-5-14-7-10-16(22-2)13-18(14)19/h4-13,22H,3,21H2,1-2H3. The van der Waals surface area contributed by atoms with E-state index < -0.39 is 13.6 Å². The number of nitrogen functional groups attached to an aromatic ring is 1. The van der Waals surface area contributed by atoms with Crippen molar-refractivity contribution >= 4 is 41.0 Å². The number of hydrogen-bond acceptors (Lipinski definition) is 6. The molecule has 0 spiro atoms. The normalized spacial score (nSPS) is 13.0. The van der Waals surface area contributed by atoms with Gasteiger partial charge in [-0.3, -0.25) is 4.79 Å². The van der Waals surface area contributed by atoms with Crippen LogP contribution >= 0.6 is 7.60 Å². The van der Waals surface area contributed by atoms with Crippen LogP contribution in [0.1, 0.15) is 13.3 Å². The van der Waals surface area contributed by atoms with Gasteiger partial charge in [0.25, 0.3) is 0 Å². The fraction of sp³-hybridized carbons (Fsp3) is 0.150. The lowest BCUT2D eigenvalue weighted by molar-refractivity contribution is -0.134. The Morgan fingerprint density at radius 2 is 1.85 bits per heavy atom. The quantitative estimate of drug-likeness (QED) is 0.486. The molecule has 0 aliphatic carbocycles. The number of carbonyl (C=O) groups excluding carboxylic acids is 1. The average molecular weight is 384 g/mol. The molecule has 0 aliphatic rings. The number of anilines is 2. The molecule has 0 fully saturated rings. The molecule has 1 atom stereocenters. The Bertz CT molecular complexity index is 1020. The van der Waals surface area contributed by atoms with Gasteiger partial charge < -0.3 is 20.1 Å². The molecule has 0 bridgehead atoms. The van der Waals surface area contributed by atoms with Crippen LogP contribution in [0, 0.1) is 0 Å². The van der Waals surface area contributed by atoms with Crippen molar-refractivity contribution in [1.29, 1.82) is 0 Å². The molecular weight excluding hydrogens is 363 g/mol. The third-order valence-electron chi connectivity index (χ3n) is 4.07. The Labute approximate surface area is 157 Å². The summed E-state index contributed by atoms with van der Waals surface area (Å²) in [5.74, 6) is -0.236. The van der Waals surface area contributed by atoms with Gasteiger partial charge >= 0.3 is 13.6 Å². The van der Waals surface area contributed by atoms with Gasteiger partial charge in [-0.25, -0.2) is 4.57 Å². The Morgan fingerprint density at radius 3 is 2.52 bits per heavy atom. The topological polar surface area (TPSA) is 90.7 Å². The molecule has 0 amide bonds. The van der Waals surface area contributed by atoms with E-state index in [9.17, 15) is 9.36 Å². The number of nitrogens with two attached hydrogens (primary N) is 1. The molecule has 27 heavy (non-hydrogen) atoms. The molecule has 1 unspecified atom stereocenters. The van der Waals surface area contributed by atoms with Crippen LogP contribution in [-0.2, 0) is 13.9 Å². The second-order valence-corrected chi connectivity index (χ2v) is 7.82. The van der Waals surface area contributed by atoms with Crippen LogP contribution in [0.4, 0.5) is 11.4 Å². The van der Waals surface area contributed by atoms with Crippen molar-refractivity contribution in [3.8, 4) is 5.75 Å². The van der Waals surface area contributed by atoms with E-state index in [2.05, 4.69) is 5.32 Å². The smallest absolute Gasteiger partial charge is 0.412 e. The summed E-state index contributed by atoms with van der Waals surface area (Å²) < 4.78 is 24.7. The van der Waals surface area contributed by atoms with Gasteiger partial charge in [-0.2, -0.15) is 0 Å². The molecule has 3 aromatic carbocycles. The lowest BCUT2D eigenvalue weighted by atomic mass is 10.1. The van der Waals surface area contributed by atoms with Crippen molar-refractivity contribution < 1.29 is 18.4 Å². The van der Waals surface area contributed by atoms with E-state index in [1.165, 1.54) is 0 Å². The molecule has 0 radical (unpaired) electrons. The summed E-state index contributed by atoms with van der Waals surface area (Å²) in [6.07, 6.45) is 0.0851. The maximum Gasteiger partial charge on any atom is 0.465 e. The highest BCUT2D eigenvalue weighted by molar-refractivity contribution is 7.63. The first kappa shape index (κ1) is 18.8. The van der Waals surface area contributed by atoms with Gasteiger partial charge in [0, 0.05) is 30.2 Å². The van der Waals surface area contributed by atoms with E-state index in [1.54, 1.807) is 43.3 Å². The van der Waals surface area contributed by atoms with Crippen molar-refractivity contribution in [3.63, 3.8) is 0 Å². The highest BCUT2D eigenvalue weighted by atomic mass is 31.2. The molecule has 0 aromatic heterocycles. The van der Waals surface area contributed by atoms with Crippen LogP contribution in [0.25, 0.3) is 10.8 Å². The maximum absolute atomic E-state index is 13.5. The molecule has 3 rings (SSSR count). The lowest BCUT2D eigenvalue weighted by Crippen LogP contribution is -2.16. The van der Waals surface area contributed by atoms with Gasteiger partial charge in [0.2, 0.25) is 0 Å². The second kappa shape index (κ2) is 7.72. The predicted octanol–water partition coefficient (Wildman–Crippen LogP) is 4.31. The third kappa shape index (κ3) is 4.07. The van der Waals surface area contributed by atoms with Crippen LogP contribution in [0.5, 0.6) is 5.75 Å². The number of rotatable bonds is 6. The average Bonchev–Trinajstić information content (AvgIpc) is 2.68. The molecular formula is C20H21N2O4P. The summed E-state index contributed by atoms with van der Waals surface area (Å²) in [7, 11) is -2.13. The zero-order chi connectivity index (χ0) is 19.4. The number of benzene rings is 3. The first-order valence-corrected chi connectivity index (χ1v) is 10.1. The van der Waals surface area contributed by atoms with E-state index in [0.29, 0.717) is 11.4 Å². The van der Waals surface area contributed by atoms with E-state index >= 15 is 0 Å². The first-order chi connectivity index (χ1) is 12.9. The zero-order valence-electron chi connectivity index (χ0n) is 15.1. The summed E-state index contributed by atoms with van der Waals surface area (Å²) >= 11 is 0. The molecule has 6 nitrogen and oxygen atoms in total. The zero-order valence-corrected chi connectivity index (χ0v) is 16.0. The fourth-order valence-corrected chi connectivity index (χ4v) is 4.17. The fourth-order valence-electron chi connectivity index (χ4n) is 2.59. The van der Waals surface area contributed by atoms with Crippen LogP contribution in [0.15, 0.2) is 60.7 Å². The molecule has 0 saturated heterocycles. The Hall–Kier alpha value is -2.98. The second-order valence-electron chi connectivity index (χ2n) is 5.94. The van der Waals surface area contributed by atoms with Crippen LogP contribution in [-0.4, -0.2) is 13.0 Å². The minimum atomic E-state index is -3.94. The van der Waals surface area contributed by atoms with Crippen molar-refractivity contribution in [2.45, 2.75) is 13.3 Å². The summed E-state index contributed by atoms with van der Waals surface area (Å²) in [5.41, 5.74) is 7.10. The highest BCUT2D eigenvalue weighted by Crippen LogP contribution is 2.49. The van der Waals surface area contributed by atoms with E-state index in [-0.39, 0.29) is 11.7 Å². The van der Waals surface area contributed by atoms with Gasteiger partial charge in [-0.1, -0.05) is 25.1 Å². The molecule has 140 valence electrons. The van der Waals surface area contributed by atoms with Crippen LogP contribution in [0.3, 0.4) is 0 Å². The van der Waals surface area contributed by atoms with Gasteiger partial charge in [-0.05, 0) is 47.9 Å². The number of fused-ring (bicyclic) bond motifs is 1. The van der Waals surface area contributed by atoms with Gasteiger partial charge in [0.15, 0.2) is 0 Å². The molecule has 0 saturated carbocycles. The number of hydrogen-bond donors (Lipinski definition) is 2. The van der Waals surface area contributed by atoms with Crippen molar-refractivity contribution in [1.82, 2.24) is 0 Å². The molecule has 3 aromatic rings. The highest BCUT2D eigenvalue weighted by Gasteiger charge is 2.33. The van der Waals surface area contributed by atoms with E-state index in [0.717, 1.165) is 16.5 Å². The van der Waals surface area contributed by atoms with Crippen LogP contribution in [0.2, 0.25) is 0 Å². The largest absolute Gasteiger partial charge is 0.465 e. The van der Waals surface area contributed by atoms with Gasteiger partial charge in [-0.15, -0.1) is 0 Å². The molecule has 0 heterocycles. The van der Waals surface area contributed by atoms with E-state index in [4.69, 9.17) is 14.8 Å². The van der Waals surface area contributed by atoms with Crippen molar-refractivity contribution in [2.24, 2.45) is 0 Å². The SMILES string of the molecule is CCC(=O)OP(=O)(Oc1cccc2ccc(NC)cc12)c1ccc(N)cc1. The third-order valence-corrected chi connectivity index (χ3v) is 5.88. The number of carbonyl (C=O) groups is 1. The minimum Gasteiger partial charge on any atom is -0.412 e. The van der Waals surface area contributed by atoms with Crippen LogP contribution < -0.4 is 20.9 Å². The maximum atomic E-state index is 13.5. The van der Waals surface area contributed by atoms with Gasteiger partial charge in [0.05, 0.1) is 5.30 Å². The Balaban J connectivity index is 2.09. The molecule has 0 aliphatic heterocycles. The Morgan fingerprint density at radius 1 is 1.11 bits per heavy atom. The van der Waals surface area contributed by atoms with Crippen molar-refractivity contribution in [3.05, 3.63) is 60.7 Å². The summed E-state index contributed by atoms with van der Waals surface area (Å²) in [6.45, 7) is 1.63. The predicted molar refractivity (Wildman–Crippen MR) is 109 cm³/mol. The van der Waals surface area contributed by atoms with Crippen molar-refractivity contribution in [2.75, 3.05) is 18.1 Å². The molecule has 3 N–H and O–H groups in total. The summed E-state index contributed by atoms with van der Waals surface area (Å²) in [6, 6.07) is 17.4. The summed E-state index contributed by atoms with van der Waals surface area (Å²) in [4.78, 5) is 11.9.